The fraction of sp³-hybridized carbons (Fsp3) is 0.357. The van der Waals surface area contributed by atoms with Crippen LogP contribution in [0.5, 0.6) is 0 Å². The predicted octanol–water partition coefficient (Wildman–Crippen LogP) is 3.53. The van der Waals surface area contributed by atoms with Gasteiger partial charge in [0.2, 0.25) is 0 Å². The molecule has 0 aliphatic heterocycles. The number of hydrogen-bond donors (Lipinski definition) is 0. The fourth-order valence-corrected chi connectivity index (χ4v) is 2.14. The Morgan fingerprint density at radius 3 is 2.88 bits per heavy atom. The zero-order valence-electron chi connectivity index (χ0n) is 10.1. The Morgan fingerprint density at radius 1 is 1.53 bits per heavy atom. The highest BCUT2D eigenvalue weighted by molar-refractivity contribution is 6.20. The van der Waals surface area contributed by atoms with Gasteiger partial charge in [0.25, 0.3) is 0 Å². The standard InChI is InChI=1S/C14H15ClN2/c1-4-8-17-13-7-6-11(5-2)9-12(13)16-14(17)10(3)15/h1,6-7,9-10H,5,8H2,2-3H3. The second-order valence-electron chi connectivity index (χ2n) is 4.05. The number of alkyl halides is 1. The first kappa shape index (κ1) is 12.0. The molecule has 1 heterocycles. The maximum absolute atomic E-state index is 6.14. The second-order valence-corrected chi connectivity index (χ2v) is 4.71. The van der Waals surface area contributed by atoms with Crippen LogP contribution in [-0.2, 0) is 13.0 Å². The summed E-state index contributed by atoms with van der Waals surface area (Å²) in [4.78, 5) is 4.57. The van der Waals surface area contributed by atoms with Gasteiger partial charge in [-0.05, 0) is 31.0 Å². The number of aromatic nitrogens is 2. The fourth-order valence-electron chi connectivity index (χ4n) is 1.98. The lowest BCUT2D eigenvalue weighted by Gasteiger charge is -2.06. The second kappa shape index (κ2) is 4.81. The van der Waals surface area contributed by atoms with Crippen molar-refractivity contribution in [2.45, 2.75) is 32.2 Å². The van der Waals surface area contributed by atoms with Gasteiger partial charge in [-0.3, -0.25) is 0 Å². The minimum absolute atomic E-state index is 0.138. The van der Waals surface area contributed by atoms with Gasteiger partial charge in [0, 0.05) is 0 Å². The molecule has 2 nitrogen and oxygen atoms in total. The molecule has 1 aromatic carbocycles. The van der Waals surface area contributed by atoms with Gasteiger partial charge in [0.05, 0.1) is 23.0 Å². The summed E-state index contributed by atoms with van der Waals surface area (Å²) in [6, 6.07) is 6.28. The number of rotatable bonds is 3. The van der Waals surface area contributed by atoms with Crippen LogP contribution in [0.2, 0.25) is 0 Å². The molecule has 0 aliphatic carbocycles. The molecule has 0 aliphatic rings. The summed E-state index contributed by atoms with van der Waals surface area (Å²) >= 11 is 6.14. The van der Waals surface area contributed by atoms with Gasteiger partial charge < -0.3 is 4.57 Å². The van der Waals surface area contributed by atoms with Gasteiger partial charge in [0.15, 0.2) is 0 Å². The van der Waals surface area contributed by atoms with E-state index in [4.69, 9.17) is 18.0 Å². The number of benzene rings is 1. The molecule has 0 fully saturated rings. The Morgan fingerprint density at radius 2 is 2.29 bits per heavy atom. The van der Waals surface area contributed by atoms with Gasteiger partial charge in [-0.15, -0.1) is 18.0 Å². The number of fused-ring (bicyclic) bond motifs is 1. The lowest BCUT2D eigenvalue weighted by molar-refractivity contribution is 0.769. The van der Waals surface area contributed by atoms with Crippen LogP contribution in [0.3, 0.4) is 0 Å². The van der Waals surface area contributed by atoms with Crippen molar-refractivity contribution in [3.63, 3.8) is 0 Å². The molecule has 0 amide bonds. The van der Waals surface area contributed by atoms with E-state index in [1.807, 2.05) is 11.5 Å². The van der Waals surface area contributed by atoms with Crippen LogP contribution >= 0.6 is 11.6 Å². The van der Waals surface area contributed by atoms with Crippen LogP contribution in [0, 0.1) is 12.3 Å². The first-order valence-corrected chi connectivity index (χ1v) is 6.17. The maximum atomic E-state index is 6.14. The van der Waals surface area contributed by atoms with Crippen LogP contribution in [0.4, 0.5) is 0 Å². The highest BCUT2D eigenvalue weighted by Gasteiger charge is 2.14. The average molecular weight is 247 g/mol. The monoisotopic (exact) mass is 246 g/mol. The number of nitrogens with zero attached hydrogens (tertiary/aromatic N) is 2. The van der Waals surface area contributed by atoms with Crippen molar-refractivity contribution in [1.82, 2.24) is 9.55 Å². The van der Waals surface area contributed by atoms with Crippen LogP contribution in [0.15, 0.2) is 18.2 Å². The predicted molar refractivity (Wildman–Crippen MR) is 72.2 cm³/mol. The lowest BCUT2D eigenvalue weighted by atomic mass is 10.1. The number of aryl methyl sites for hydroxylation is 1. The third kappa shape index (κ3) is 2.16. The van der Waals surface area contributed by atoms with E-state index in [1.165, 1.54) is 5.56 Å². The summed E-state index contributed by atoms with van der Waals surface area (Å²) in [6.45, 7) is 4.55. The molecule has 0 saturated heterocycles. The minimum Gasteiger partial charge on any atom is -0.315 e. The van der Waals surface area contributed by atoms with E-state index in [0.717, 1.165) is 23.3 Å². The van der Waals surface area contributed by atoms with Crippen molar-refractivity contribution >= 4 is 22.6 Å². The van der Waals surface area contributed by atoms with Crippen LogP contribution in [0.25, 0.3) is 11.0 Å². The van der Waals surface area contributed by atoms with E-state index in [-0.39, 0.29) is 5.38 Å². The van der Waals surface area contributed by atoms with Crippen LogP contribution in [0.1, 0.15) is 30.6 Å². The van der Waals surface area contributed by atoms with E-state index in [9.17, 15) is 0 Å². The summed E-state index contributed by atoms with van der Waals surface area (Å²) in [6.07, 6.45) is 6.40. The minimum atomic E-state index is -0.138. The SMILES string of the molecule is C#CCn1c(C(C)Cl)nc2cc(CC)ccc21. The van der Waals surface area contributed by atoms with Crippen molar-refractivity contribution in [3.05, 3.63) is 29.6 Å². The summed E-state index contributed by atoms with van der Waals surface area (Å²) < 4.78 is 2.01. The molecule has 2 aromatic rings. The van der Waals surface area contributed by atoms with Gasteiger partial charge in [-0.1, -0.05) is 18.9 Å². The molecule has 0 bridgehead atoms. The zero-order chi connectivity index (χ0) is 12.4. The van der Waals surface area contributed by atoms with Gasteiger partial charge in [-0.2, -0.15) is 0 Å². The molecule has 0 spiro atoms. The van der Waals surface area contributed by atoms with E-state index in [2.05, 4.69) is 36.0 Å². The van der Waals surface area contributed by atoms with Crippen molar-refractivity contribution < 1.29 is 0 Å². The number of imidazole rings is 1. The van der Waals surface area contributed by atoms with Gasteiger partial charge >= 0.3 is 0 Å². The molecular weight excluding hydrogens is 232 g/mol. The molecule has 0 N–H and O–H groups in total. The largest absolute Gasteiger partial charge is 0.315 e. The molecule has 17 heavy (non-hydrogen) atoms. The molecule has 1 aromatic heterocycles. The van der Waals surface area contributed by atoms with Crippen molar-refractivity contribution in [2.24, 2.45) is 0 Å². The Balaban J connectivity index is 2.66. The Bertz CT molecular complexity index is 576. The highest BCUT2D eigenvalue weighted by atomic mass is 35.5. The molecule has 1 unspecified atom stereocenters. The Labute approximate surface area is 107 Å². The topological polar surface area (TPSA) is 17.8 Å². The molecule has 0 radical (unpaired) electrons. The number of halogens is 1. The smallest absolute Gasteiger partial charge is 0.128 e. The molecule has 0 saturated carbocycles. The van der Waals surface area contributed by atoms with Crippen molar-refractivity contribution in [1.29, 1.82) is 0 Å². The summed E-state index contributed by atoms with van der Waals surface area (Å²) in [5, 5.41) is -0.138. The first-order valence-electron chi connectivity index (χ1n) is 5.74. The first-order chi connectivity index (χ1) is 8.17. The molecule has 3 heteroatoms. The van der Waals surface area contributed by atoms with E-state index < -0.39 is 0 Å². The van der Waals surface area contributed by atoms with E-state index >= 15 is 0 Å². The van der Waals surface area contributed by atoms with Crippen LogP contribution in [-0.4, -0.2) is 9.55 Å². The lowest BCUT2D eigenvalue weighted by Crippen LogP contribution is -2.02. The normalized spacial score (nSPS) is 12.6. The molecular formula is C14H15ClN2. The summed E-state index contributed by atoms with van der Waals surface area (Å²) in [5.74, 6) is 3.49. The van der Waals surface area contributed by atoms with Crippen molar-refractivity contribution in [2.75, 3.05) is 0 Å². The van der Waals surface area contributed by atoms with Gasteiger partial charge in [0.1, 0.15) is 5.82 Å². The van der Waals surface area contributed by atoms with E-state index in [0.29, 0.717) is 6.54 Å². The molecule has 1 atom stereocenters. The maximum Gasteiger partial charge on any atom is 0.128 e. The third-order valence-corrected chi connectivity index (χ3v) is 3.05. The Kier molecular flexibility index (Phi) is 3.40. The Hall–Kier alpha value is -1.46. The number of terminal acetylenes is 1. The van der Waals surface area contributed by atoms with Crippen molar-refractivity contribution in [3.8, 4) is 12.3 Å². The molecule has 88 valence electrons. The van der Waals surface area contributed by atoms with Gasteiger partial charge in [-0.25, -0.2) is 4.98 Å². The van der Waals surface area contributed by atoms with E-state index in [1.54, 1.807) is 0 Å². The highest BCUT2D eigenvalue weighted by Crippen LogP contribution is 2.25. The quantitative estimate of drug-likeness (QED) is 0.598. The summed E-state index contributed by atoms with van der Waals surface area (Å²) in [5.41, 5.74) is 3.31. The van der Waals surface area contributed by atoms with Crippen LogP contribution < -0.4 is 0 Å². The zero-order valence-corrected chi connectivity index (χ0v) is 10.8. The average Bonchev–Trinajstić information content (AvgIpc) is 2.68. The third-order valence-electron chi connectivity index (χ3n) is 2.86. The molecule has 2 rings (SSSR count). The number of hydrogen-bond acceptors (Lipinski definition) is 1. The summed E-state index contributed by atoms with van der Waals surface area (Å²) in [7, 11) is 0.